The lowest BCUT2D eigenvalue weighted by atomic mass is 10.1. The summed E-state index contributed by atoms with van der Waals surface area (Å²) in [6.45, 7) is 0.254. The minimum Gasteiger partial charge on any atom is -0.495 e. The smallest absolute Gasteiger partial charge is 0.229 e. The van der Waals surface area contributed by atoms with Crippen LogP contribution in [0.1, 0.15) is 6.42 Å². The molecule has 3 aromatic rings. The molecule has 4 rings (SSSR count). The Morgan fingerprint density at radius 2 is 2.03 bits per heavy atom. The Bertz CT molecular complexity index is 1040. The molecule has 0 aliphatic carbocycles. The molecule has 2 heterocycles. The summed E-state index contributed by atoms with van der Waals surface area (Å²) >= 11 is 6.07. The highest BCUT2D eigenvalue weighted by molar-refractivity contribution is 6.31. The second-order valence-electron chi connectivity index (χ2n) is 6.51. The van der Waals surface area contributed by atoms with Crippen LogP contribution in [-0.4, -0.2) is 45.7 Å². The molecule has 1 saturated heterocycles. The van der Waals surface area contributed by atoms with E-state index in [9.17, 15) is 9.59 Å². The van der Waals surface area contributed by atoms with Crippen molar-refractivity contribution in [3.8, 4) is 11.4 Å². The minimum atomic E-state index is -0.481. The summed E-state index contributed by atoms with van der Waals surface area (Å²) in [6, 6.07) is 12.1. The number of hydrogen-bond donors (Lipinski definition) is 1. The van der Waals surface area contributed by atoms with Gasteiger partial charge in [0, 0.05) is 23.7 Å². The Morgan fingerprint density at radius 3 is 2.72 bits per heavy atom. The third kappa shape index (κ3) is 3.90. The van der Waals surface area contributed by atoms with E-state index in [2.05, 4.69) is 20.8 Å². The normalized spacial score (nSPS) is 16.1. The summed E-state index contributed by atoms with van der Waals surface area (Å²) in [4.78, 5) is 26.7. The van der Waals surface area contributed by atoms with Crippen molar-refractivity contribution in [3.05, 3.63) is 53.8 Å². The lowest BCUT2D eigenvalue weighted by Gasteiger charge is -2.20. The van der Waals surface area contributed by atoms with Crippen LogP contribution in [0.5, 0.6) is 5.75 Å². The maximum Gasteiger partial charge on any atom is 0.229 e. The molecule has 1 aliphatic rings. The van der Waals surface area contributed by atoms with Crippen molar-refractivity contribution in [2.45, 2.75) is 6.42 Å². The predicted octanol–water partition coefficient (Wildman–Crippen LogP) is 2.32. The Kier molecular flexibility index (Phi) is 5.13. The van der Waals surface area contributed by atoms with Gasteiger partial charge in [-0.1, -0.05) is 11.6 Å². The largest absolute Gasteiger partial charge is 0.495 e. The molecule has 1 aliphatic heterocycles. The van der Waals surface area contributed by atoms with Gasteiger partial charge in [0.05, 0.1) is 24.4 Å². The van der Waals surface area contributed by atoms with E-state index >= 15 is 0 Å². The number of halogens is 1. The fraction of sp³-hybridized carbons (Fsp3) is 0.211. The molecule has 0 bridgehead atoms. The number of rotatable bonds is 5. The molecule has 1 atom stereocenters. The van der Waals surface area contributed by atoms with E-state index < -0.39 is 5.92 Å². The SMILES string of the molecule is COc1ccc(Cl)cc1N1C[C@H](C(=O)Nc2ccc(-n3cnnn3)cc2)CC1=O. The predicted molar refractivity (Wildman–Crippen MR) is 106 cm³/mol. The average molecular weight is 413 g/mol. The average Bonchev–Trinajstić information content (AvgIpc) is 3.38. The molecule has 148 valence electrons. The Morgan fingerprint density at radius 1 is 1.24 bits per heavy atom. The third-order valence-corrected chi connectivity index (χ3v) is 4.91. The summed E-state index contributed by atoms with van der Waals surface area (Å²) in [5, 5.41) is 14.3. The molecule has 1 aromatic heterocycles. The van der Waals surface area contributed by atoms with E-state index in [1.54, 1.807) is 42.5 Å². The van der Waals surface area contributed by atoms with Crippen LogP contribution < -0.4 is 15.0 Å². The van der Waals surface area contributed by atoms with Gasteiger partial charge >= 0.3 is 0 Å². The number of carbonyl (C=O) groups is 2. The molecular weight excluding hydrogens is 396 g/mol. The van der Waals surface area contributed by atoms with Gasteiger partial charge in [-0.3, -0.25) is 9.59 Å². The molecule has 0 unspecified atom stereocenters. The van der Waals surface area contributed by atoms with E-state index in [1.165, 1.54) is 23.0 Å². The number of nitrogens with one attached hydrogen (secondary N) is 1. The van der Waals surface area contributed by atoms with Crippen LogP contribution in [0.4, 0.5) is 11.4 Å². The summed E-state index contributed by atoms with van der Waals surface area (Å²) < 4.78 is 6.84. The van der Waals surface area contributed by atoms with Crippen LogP contribution in [0.25, 0.3) is 5.69 Å². The van der Waals surface area contributed by atoms with E-state index in [1.807, 2.05) is 0 Å². The van der Waals surface area contributed by atoms with Crippen LogP contribution in [0.3, 0.4) is 0 Å². The quantitative estimate of drug-likeness (QED) is 0.690. The van der Waals surface area contributed by atoms with Crippen molar-refractivity contribution < 1.29 is 14.3 Å². The summed E-state index contributed by atoms with van der Waals surface area (Å²) in [7, 11) is 1.52. The Balaban J connectivity index is 1.45. The summed E-state index contributed by atoms with van der Waals surface area (Å²) in [5.41, 5.74) is 1.95. The maximum atomic E-state index is 12.7. The molecule has 9 nitrogen and oxygen atoms in total. The number of methoxy groups -OCH3 is 1. The van der Waals surface area contributed by atoms with Gasteiger partial charge < -0.3 is 15.0 Å². The van der Waals surface area contributed by atoms with E-state index in [0.29, 0.717) is 22.1 Å². The first-order valence-electron chi connectivity index (χ1n) is 8.83. The standard InChI is InChI=1S/C19H17ClN6O3/c1-29-17-7-2-13(20)9-16(17)25-10-12(8-18(25)27)19(28)22-14-3-5-15(6-4-14)26-11-21-23-24-26/h2-7,9,11-12H,8,10H2,1H3,(H,22,28)/t12-/m1/s1. The minimum absolute atomic E-state index is 0.115. The zero-order valence-corrected chi connectivity index (χ0v) is 16.2. The molecule has 2 aromatic carbocycles. The van der Waals surface area contributed by atoms with Gasteiger partial charge in [-0.05, 0) is 52.9 Å². The van der Waals surface area contributed by atoms with Gasteiger partial charge in [0.1, 0.15) is 12.1 Å². The van der Waals surface area contributed by atoms with Crippen molar-refractivity contribution in [2.75, 3.05) is 23.9 Å². The first-order valence-corrected chi connectivity index (χ1v) is 9.21. The van der Waals surface area contributed by atoms with E-state index in [-0.39, 0.29) is 24.8 Å². The van der Waals surface area contributed by atoms with Crippen molar-refractivity contribution in [1.29, 1.82) is 0 Å². The number of benzene rings is 2. The van der Waals surface area contributed by atoms with Gasteiger partial charge in [0.15, 0.2) is 0 Å². The lowest BCUT2D eigenvalue weighted by Crippen LogP contribution is -2.28. The highest BCUT2D eigenvalue weighted by Gasteiger charge is 2.36. The first-order chi connectivity index (χ1) is 14.0. The molecule has 10 heteroatoms. The molecule has 29 heavy (non-hydrogen) atoms. The number of hydrogen-bond acceptors (Lipinski definition) is 6. The lowest BCUT2D eigenvalue weighted by molar-refractivity contribution is -0.122. The number of carbonyl (C=O) groups excluding carboxylic acids is 2. The first kappa shape index (κ1) is 18.9. The number of anilines is 2. The number of aromatic nitrogens is 4. The number of ether oxygens (including phenoxy) is 1. The third-order valence-electron chi connectivity index (χ3n) is 4.68. The fourth-order valence-electron chi connectivity index (χ4n) is 3.21. The van der Waals surface area contributed by atoms with Crippen molar-refractivity contribution in [1.82, 2.24) is 20.2 Å². The van der Waals surface area contributed by atoms with Crippen molar-refractivity contribution >= 4 is 34.8 Å². The molecule has 1 N–H and O–H groups in total. The maximum absolute atomic E-state index is 12.7. The van der Waals surface area contributed by atoms with E-state index in [0.717, 1.165) is 5.69 Å². The number of amides is 2. The van der Waals surface area contributed by atoms with Gasteiger partial charge in [-0.2, -0.15) is 0 Å². The fourth-order valence-corrected chi connectivity index (χ4v) is 3.38. The van der Waals surface area contributed by atoms with Crippen LogP contribution in [-0.2, 0) is 9.59 Å². The molecule has 2 amide bonds. The zero-order chi connectivity index (χ0) is 20.4. The van der Waals surface area contributed by atoms with Gasteiger partial charge in [0.2, 0.25) is 11.8 Å². The second-order valence-corrected chi connectivity index (χ2v) is 6.95. The van der Waals surface area contributed by atoms with Crippen LogP contribution in [0, 0.1) is 5.92 Å². The molecular formula is C19H17ClN6O3. The van der Waals surface area contributed by atoms with E-state index in [4.69, 9.17) is 16.3 Å². The Labute approximate surface area is 171 Å². The molecule has 0 spiro atoms. The summed E-state index contributed by atoms with van der Waals surface area (Å²) in [6.07, 6.45) is 1.60. The molecule has 0 radical (unpaired) electrons. The molecule has 0 saturated carbocycles. The second kappa shape index (κ2) is 7.88. The van der Waals surface area contributed by atoms with Crippen molar-refractivity contribution in [2.24, 2.45) is 5.92 Å². The molecule has 1 fully saturated rings. The monoisotopic (exact) mass is 412 g/mol. The van der Waals surface area contributed by atoms with Crippen molar-refractivity contribution in [3.63, 3.8) is 0 Å². The van der Waals surface area contributed by atoms with Crippen LogP contribution in [0.2, 0.25) is 5.02 Å². The highest BCUT2D eigenvalue weighted by atomic mass is 35.5. The van der Waals surface area contributed by atoms with Gasteiger partial charge in [-0.25, -0.2) is 4.68 Å². The topological polar surface area (TPSA) is 102 Å². The Hall–Kier alpha value is -3.46. The van der Waals surface area contributed by atoms with Gasteiger partial charge in [0.25, 0.3) is 0 Å². The van der Waals surface area contributed by atoms with Crippen LogP contribution in [0.15, 0.2) is 48.8 Å². The highest BCUT2D eigenvalue weighted by Crippen LogP contribution is 2.35. The number of tetrazole rings is 1. The van der Waals surface area contributed by atoms with Gasteiger partial charge in [-0.15, -0.1) is 5.10 Å². The number of nitrogens with zero attached hydrogens (tertiary/aromatic N) is 5. The zero-order valence-electron chi connectivity index (χ0n) is 15.4. The summed E-state index contributed by atoms with van der Waals surface area (Å²) in [5.74, 6) is -0.329. The van der Waals surface area contributed by atoms with Crippen LogP contribution >= 0.6 is 11.6 Å².